The zero-order valence-corrected chi connectivity index (χ0v) is 14.9. The van der Waals surface area contributed by atoms with Gasteiger partial charge in [-0.25, -0.2) is 15.9 Å². The summed E-state index contributed by atoms with van der Waals surface area (Å²) in [6.45, 7) is 3.72. The second-order valence-electron chi connectivity index (χ2n) is 5.03. The van der Waals surface area contributed by atoms with E-state index < -0.39 is 6.10 Å². The van der Waals surface area contributed by atoms with E-state index >= 15 is 0 Å². The highest BCUT2D eigenvalue weighted by molar-refractivity contribution is 8.16. The average Bonchev–Trinajstić information content (AvgIpc) is 2.45. The number of pyridine rings is 1. The standard InChI is InChI=1S/C14H27N3O2S2/c1-10-7-12(13(21(3)4)14(17-10)20-2)16-6-5-15-8-11(19)9-18/h7,11,15,18-19,21H,5-6,8-9H2,1-4H3,(H,16,17). The monoisotopic (exact) mass is 333 g/mol. The molecule has 1 atom stereocenters. The van der Waals surface area contributed by atoms with E-state index in [4.69, 9.17) is 5.11 Å². The van der Waals surface area contributed by atoms with Gasteiger partial charge in [-0.05, 0) is 31.8 Å². The number of thioether (sulfide) groups is 1. The van der Waals surface area contributed by atoms with Crippen molar-refractivity contribution in [2.24, 2.45) is 0 Å². The zero-order valence-electron chi connectivity index (χ0n) is 13.2. The quantitative estimate of drug-likeness (QED) is 0.265. The van der Waals surface area contributed by atoms with Gasteiger partial charge < -0.3 is 20.8 Å². The summed E-state index contributed by atoms with van der Waals surface area (Å²) in [7, 11) is -0.232. The maximum absolute atomic E-state index is 9.25. The van der Waals surface area contributed by atoms with Crippen molar-refractivity contribution in [2.75, 3.05) is 50.3 Å². The Morgan fingerprint density at radius 2 is 2.10 bits per heavy atom. The number of aromatic nitrogens is 1. The number of aryl methyl sites for hydroxylation is 1. The molecule has 0 aliphatic heterocycles. The number of hydrogen-bond donors (Lipinski definition) is 5. The van der Waals surface area contributed by atoms with Gasteiger partial charge in [-0.2, -0.15) is 0 Å². The van der Waals surface area contributed by atoms with Gasteiger partial charge in [-0.1, -0.05) is 0 Å². The summed E-state index contributed by atoms with van der Waals surface area (Å²) in [5.41, 5.74) is 2.18. The molecule has 5 nitrogen and oxygen atoms in total. The Hall–Kier alpha value is -0.470. The number of hydrogen-bond acceptors (Lipinski definition) is 6. The molecule has 0 bridgehead atoms. The summed E-state index contributed by atoms with van der Waals surface area (Å²) in [6, 6.07) is 2.10. The van der Waals surface area contributed by atoms with E-state index in [1.165, 1.54) is 4.90 Å². The molecule has 0 saturated heterocycles. The lowest BCUT2D eigenvalue weighted by Gasteiger charge is -2.20. The van der Waals surface area contributed by atoms with E-state index in [1.807, 2.05) is 6.92 Å². The minimum absolute atomic E-state index is 0.207. The van der Waals surface area contributed by atoms with E-state index in [0.29, 0.717) is 6.54 Å². The molecule has 1 unspecified atom stereocenters. The summed E-state index contributed by atoms with van der Waals surface area (Å²) < 4.78 is 0. The number of aliphatic hydroxyl groups excluding tert-OH is 2. The molecule has 0 aliphatic carbocycles. The highest BCUT2D eigenvalue weighted by Crippen LogP contribution is 2.41. The summed E-state index contributed by atoms with van der Waals surface area (Å²) in [5.74, 6) is 0. The largest absolute Gasteiger partial charge is 0.394 e. The third-order valence-electron chi connectivity index (χ3n) is 2.94. The Balaban J connectivity index is 2.63. The second kappa shape index (κ2) is 9.53. The maximum Gasteiger partial charge on any atom is 0.110 e. The fourth-order valence-electron chi connectivity index (χ4n) is 1.97. The number of nitrogens with zero attached hydrogens (tertiary/aromatic N) is 1. The number of nitrogens with one attached hydrogen (secondary N) is 2. The van der Waals surface area contributed by atoms with Crippen molar-refractivity contribution >= 4 is 28.3 Å². The van der Waals surface area contributed by atoms with Crippen molar-refractivity contribution in [1.82, 2.24) is 10.3 Å². The van der Waals surface area contributed by atoms with E-state index in [0.717, 1.165) is 29.5 Å². The molecular formula is C14H27N3O2S2. The van der Waals surface area contributed by atoms with Crippen LogP contribution in [0.25, 0.3) is 0 Å². The maximum atomic E-state index is 9.25. The van der Waals surface area contributed by atoms with Crippen LogP contribution in [-0.4, -0.2) is 66.3 Å². The van der Waals surface area contributed by atoms with E-state index in [1.54, 1.807) is 11.8 Å². The summed E-state index contributed by atoms with van der Waals surface area (Å²) in [5, 5.41) is 25.7. The highest BCUT2D eigenvalue weighted by atomic mass is 32.2. The zero-order chi connectivity index (χ0) is 15.8. The summed E-state index contributed by atoms with van der Waals surface area (Å²) in [4.78, 5) is 5.93. The van der Waals surface area contributed by atoms with Crippen LogP contribution in [0, 0.1) is 6.92 Å². The lowest BCUT2D eigenvalue weighted by Crippen LogP contribution is -2.32. The third kappa shape index (κ3) is 6.04. The minimum atomic E-state index is -0.689. The van der Waals surface area contributed by atoms with Crippen LogP contribution < -0.4 is 10.6 Å². The van der Waals surface area contributed by atoms with Crippen molar-refractivity contribution in [2.45, 2.75) is 22.9 Å². The smallest absolute Gasteiger partial charge is 0.110 e. The molecule has 0 amide bonds. The van der Waals surface area contributed by atoms with E-state index in [9.17, 15) is 5.11 Å². The van der Waals surface area contributed by atoms with Gasteiger partial charge >= 0.3 is 0 Å². The Morgan fingerprint density at radius 1 is 1.38 bits per heavy atom. The Labute approximate surface area is 134 Å². The summed E-state index contributed by atoms with van der Waals surface area (Å²) in [6.07, 6.45) is 5.85. The first-order valence-electron chi connectivity index (χ1n) is 6.96. The first kappa shape index (κ1) is 18.6. The molecule has 4 N–H and O–H groups in total. The highest BCUT2D eigenvalue weighted by Gasteiger charge is 2.12. The number of aliphatic hydroxyl groups is 2. The Bertz CT molecular complexity index is 444. The first-order chi connectivity index (χ1) is 9.99. The van der Waals surface area contributed by atoms with Gasteiger partial charge in [0.1, 0.15) is 5.03 Å². The average molecular weight is 334 g/mol. The van der Waals surface area contributed by atoms with Crippen molar-refractivity contribution in [3.05, 3.63) is 11.8 Å². The molecule has 122 valence electrons. The van der Waals surface area contributed by atoms with Gasteiger partial charge in [0.2, 0.25) is 0 Å². The van der Waals surface area contributed by atoms with Gasteiger partial charge in [-0.3, -0.25) is 0 Å². The summed E-state index contributed by atoms with van der Waals surface area (Å²) >= 11 is 1.69. The molecular weight excluding hydrogens is 306 g/mol. The molecule has 0 aromatic carbocycles. The normalized spacial score (nSPS) is 13.1. The minimum Gasteiger partial charge on any atom is -0.394 e. The molecule has 0 aliphatic rings. The van der Waals surface area contributed by atoms with Crippen LogP contribution in [0.3, 0.4) is 0 Å². The molecule has 0 spiro atoms. The van der Waals surface area contributed by atoms with Crippen LogP contribution in [0.4, 0.5) is 5.69 Å². The second-order valence-corrected chi connectivity index (χ2v) is 8.06. The van der Waals surface area contributed by atoms with Gasteiger partial charge in [0.25, 0.3) is 0 Å². The topological polar surface area (TPSA) is 77.4 Å². The number of anilines is 1. The molecule has 21 heavy (non-hydrogen) atoms. The van der Waals surface area contributed by atoms with Gasteiger partial charge in [0.05, 0.1) is 18.4 Å². The van der Waals surface area contributed by atoms with Crippen LogP contribution in [-0.2, 0) is 0 Å². The molecule has 0 fully saturated rings. The van der Waals surface area contributed by atoms with Gasteiger partial charge in [0, 0.05) is 30.2 Å². The van der Waals surface area contributed by atoms with Crippen LogP contribution in [0.1, 0.15) is 5.69 Å². The predicted octanol–water partition coefficient (Wildman–Crippen LogP) is 1.09. The Kier molecular flexibility index (Phi) is 8.43. The van der Waals surface area contributed by atoms with Crippen LogP contribution in [0.15, 0.2) is 16.0 Å². The third-order valence-corrected chi connectivity index (χ3v) is 5.12. The fourth-order valence-corrected chi connectivity index (χ4v) is 4.38. The van der Waals surface area contributed by atoms with E-state index in [2.05, 4.69) is 40.5 Å². The number of rotatable bonds is 9. The Morgan fingerprint density at radius 3 is 2.67 bits per heavy atom. The van der Waals surface area contributed by atoms with Crippen molar-refractivity contribution in [3.8, 4) is 0 Å². The van der Waals surface area contributed by atoms with Crippen molar-refractivity contribution < 1.29 is 10.2 Å². The first-order valence-corrected chi connectivity index (χ1v) is 10.4. The molecule has 7 heteroatoms. The lowest BCUT2D eigenvalue weighted by atomic mass is 10.3. The van der Waals surface area contributed by atoms with Crippen LogP contribution in [0.5, 0.6) is 0 Å². The van der Waals surface area contributed by atoms with Crippen molar-refractivity contribution in [1.29, 1.82) is 0 Å². The van der Waals surface area contributed by atoms with E-state index in [-0.39, 0.29) is 17.5 Å². The van der Waals surface area contributed by atoms with Gasteiger partial charge in [0.15, 0.2) is 0 Å². The molecule has 0 radical (unpaired) electrons. The lowest BCUT2D eigenvalue weighted by molar-refractivity contribution is 0.0949. The molecule has 1 aromatic rings. The molecule has 1 rings (SSSR count). The SMILES string of the molecule is CSc1nc(C)cc(NCCNCC(O)CO)c1[SH](C)C. The molecule has 0 saturated carbocycles. The van der Waals surface area contributed by atoms with Crippen LogP contribution in [0.2, 0.25) is 0 Å². The number of thiol groups is 1. The van der Waals surface area contributed by atoms with Gasteiger partial charge in [-0.15, -0.1) is 11.8 Å². The van der Waals surface area contributed by atoms with Crippen molar-refractivity contribution in [3.63, 3.8) is 0 Å². The molecule has 1 aromatic heterocycles. The van der Waals surface area contributed by atoms with Crippen LogP contribution >= 0.6 is 22.7 Å². The predicted molar refractivity (Wildman–Crippen MR) is 94.3 cm³/mol. The fraction of sp³-hybridized carbons (Fsp3) is 0.643. The molecule has 1 heterocycles.